The minimum atomic E-state index is -0.689. The molecule has 1 amide bonds. The van der Waals surface area contributed by atoms with Crippen molar-refractivity contribution in [2.45, 2.75) is 33.2 Å². The third-order valence-electron chi connectivity index (χ3n) is 4.50. The molecule has 2 aromatic rings. The van der Waals surface area contributed by atoms with Crippen molar-refractivity contribution >= 4 is 17.7 Å². The number of methoxy groups -OCH3 is 1. The summed E-state index contributed by atoms with van der Waals surface area (Å²) in [6.45, 7) is 4.62. The number of rotatable bonds is 10. The maximum atomic E-state index is 12.2. The smallest absolute Gasteiger partial charge is 0.344 e. The van der Waals surface area contributed by atoms with Gasteiger partial charge in [0.2, 0.25) is 0 Å². The van der Waals surface area contributed by atoms with Crippen LogP contribution in [0.4, 0.5) is 0 Å². The summed E-state index contributed by atoms with van der Waals surface area (Å²) in [5.74, 6) is -0.557. The Kier molecular flexibility index (Phi) is 8.41. The highest BCUT2D eigenvalue weighted by Crippen LogP contribution is 2.28. The molecule has 7 heteroatoms. The second-order valence-corrected chi connectivity index (χ2v) is 6.81. The van der Waals surface area contributed by atoms with Crippen LogP contribution < -0.4 is 14.8 Å². The van der Waals surface area contributed by atoms with Gasteiger partial charge < -0.3 is 19.5 Å². The molecule has 0 unspecified atom stereocenters. The SMILES string of the molecule is CC[C@H](NC(=O)COC(=O)COc1ccc(C(C)=O)cc1OC)c1ccc(C)cc1. The van der Waals surface area contributed by atoms with Gasteiger partial charge in [0.1, 0.15) is 0 Å². The van der Waals surface area contributed by atoms with Gasteiger partial charge in [-0.1, -0.05) is 36.8 Å². The molecule has 0 fully saturated rings. The molecule has 0 aromatic heterocycles. The van der Waals surface area contributed by atoms with E-state index >= 15 is 0 Å². The number of carbonyl (C=O) groups excluding carboxylic acids is 3. The summed E-state index contributed by atoms with van der Waals surface area (Å²) >= 11 is 0. The third kappa shape index (κ3) is 6.62. The molecule has 0 bridgehead atoms. The van der Waals surface area contributed by atoms with E-state index in [1.165, 1.54) is 20.1 Å². The van der Waals surface area contributed by atoms with E-state index in [4.69, 9.17) is 14.2 Å². The Hall–Kier alpha value is -3.35. The first-order chi connectivity index (χ1) is 14.3. The summed E-state index contributed by atoms with van der Waals surface area (Å²) in [6.07, 6.45) is 0.710. The monoisotopic (exact) mass is 413 g/mol. The lowest BCUT2D eigenvalue weighted by molar-refractivity contribution is -0.150. The van der Waals surface area contributed by atoms with E-state index < -0.39 is 19.2 Å². The van der Waals surface area contributed by atoms with Crippen LogP contribution in [0.15, 0.2) is 42.5 Å². The minimum Gasteiger partial charge on any atom is -0.493 e. The molecule has 0 aliphatic carbocycles. The first kappa shape index (κ1) is 22.9. The molecule has 1 N–H and O–H groups in total. The Morgan fingerprint density at radius 3 is 2.30 bits per heavy atom. The molecule has 0 spiro atoms. The second-order valence-electron chi connectivity index (χ2n) is 6.81. The van der Waals surface area contributed by atoms with E-state index in [0.717, 1.165) is 11.1 Å². The topological polar surface area (TPSA) is 90.9 Å². The second kappa shape index (κ2) is 11.0. The molecular weight excluding hydrogens is 386 g/mol. The van der Waals surface area contributed by atoms with Crippen LogP contribution in [0, 0.1) is 6.92 Å². The highest BCUT2D eigenvalue weighted by Gasteiger charge is 2.15. The maximum Gasteiger partial charge on any atom is 0.344 e. The number of aryl methyl sites for hydroxylation is 1. The normalized spacial score (nSPS) is 11.3. The molecule has 0 saturated carbocycles. The number of ketones is 1. The molecule has 30 heavy (non-hydrogen) atoms. The number of ether oxygens (including phenoxy) is 3. The van der Waals surface area contributed by atoms with Crippen molar-refractivity contribution in [2.75, 3.05) is 20.3 Å². The Bertz CT molecular complexity index is 891. The quantitative estimate of drug-likeness (QED) is 0.474. The van der Waals surface area contributed by atoms with Gasteiger partial charge >= 0.3 is 5.97 Å². The van der Waals surface area contributed by atoms with Crippen molar-refractivity contribution in [1.29, 1.82) is 0 Å². The lowest BCUT2D eigenvalue weighted by Gasteiger charge is -2.17. The molecule has 7 nitrogen and oxygen atoms in total. The minimum absolute atomic E-state index is 0.110. The summed E-state index contributed by atoms with van der Waals surface area (Å²) in [6, 6.07) is 12.4. The summed E-state index contributed by atoms with van der Waals surface area (Å²) in [4.78, 5) is 35.5. The van der Waals surface area contributed by atoms with Gasteiger partial charge in [-0.15, -0.1) is 0 Å². The van der Waals surface area contributed by atoms with E-state index in [9.17, 15) is 14.4 Å². The largest absolute Gasteiger partial charge is 0.493 e. The highest BCUT2D eigenvalue weighted by molar-refractivity contribution is 5.94. The van der Waals surface area contributed by atoms with Gasteiger partial charge in [0.25, 0.3) is 5.91 Å². The first-order valence-corrected chi connectivity index (χ1v) is 9.67. The molecule has 0 saturated heterocycles. The van der Waals surface area contributed by atoms with Crippen molar-refractivity contribution in [1.82, 2.24) is 5.32 Å². The zero-order valence-electron chi connectivity index (χ0n) is 17.7. The van der Waals surface area contributed by atoms with Crippen LogP contribution in [-0.2, 0) is 14.3 Å². The summed E-state index contributed by atoms with van der Waals surface area (Å²) < 4.78 is 15.6. The molecular formula is C23H27NO6. The van der Waals surface area contributed by atoms with Gasteiger partial charge in [-0.05, 0) is 44.0 Å². The number of amides is 1. The van der Waals surface area contributed by atoms with E-state index in [1.807, 2.05) is 38.1 Å². The van der Waals surface area contributed by atoms with Gasteiger partial charge in [0.15, 0.2) is 30.5 Å². The number of hydrogen-bond donors (Lipinski definition) is 1. The number of esters is 1. The van der Waals surface area contributed by atoms with Gasteiger partial charge in [0.05, 0.1) is 13.2 Å². The fourth-order valence-corrected chi connectivity index (χ4v) is 2.79. The molecule has 160 valence electrons. The van der Waals surface area contributed by atoms with Gasteiger partial charge in [-0.25, -0.2) is 4.79 Å². The Balaban J connectivity index is 1.83. The molecule has 0 aliphatic heterocycles. The zero-order chi connectivity index (χ0) is 22.1. The van der Waals surface area contributed by atoms with Crippen LogP contribution in [0.2, 0.25) is 0 Å². The third-order valence-corrected chi connectivity index (χ3v) is 4.50. The lowest BCUT2D eigenvalue weighted by atomic mass is 10.0. The van der Waals surface area contributed by atoms with Crippen LogP contribution >= 0.6 is 0 Å². The number of nitrogens with one attached hydrogen (secondary N) is 1. The Labute approximate surface area is 176 Å². The summed E-state index contributed by atoms with van der Waals surface area (Å²) in [5, 5.41) is 2.86. The Morgan fingerprint density at radius 1 is 1.00 bits per heavy atom. The van der Waals surface area contributed by atoms with E-state index in [2.05, 4.69) is 5.32 Å². The van der Waals surface area contributed by atoms with Crippen molar-refractivity contribution in [3.63, 3.8) is 0 Å². The molecule has 0 heterocycles. The van der Waals surface area contributed by atoms with Gasteiger partial charge in [-0.2, -0.15) is 0 Å². The molecule has 1 atom stereocenters. The Morgan fingerprint density at radius 2 is 1.70 bits per heavy atom. The van der Waals surface area contributed by atoms with Gasteiger partial charge in [-0.3, -0.25) is 9.59 Å². The first-order valence-electron chi connectivity index (χ1n) is 9.67. The van der Waals surface area contributed by atoms with Crippen LogP contribution in [-0.4, -0.2) is 38.0 Å². The van der Waals surface area contributed by atoms with Crippen molar-refractivity contribution in [3.8, 4) is 11.5 Å². The average molecular weight is 413 g/mol. The van der Waals surface area contributed by atoms with E-state index in [-0.39, 0.29) is 17.7 Å². The predicted molar refractivity (Wildman–Crippen MR) is 112 cm³/mol. The standard InChI is InChI=1S/C23H27NO6/c1-5-19(17-8-6-15(2)7-9-17)24-22(26)13-30-23(27)14-29-20-11-10-18(16(3)25)12-21(20)28-4/h6-12,19H,5,13-14H2,1-4H3,(H,24,26)/t19-/m0/s1. The molecule has 2 aromatic carbocycles. The fraction of sp³-hybridized carbons (Fsp3) is 0.348. The van der Waals surface area contributed by atoms with Crippen molar-refractivity contribution in [2.24, 2.45) is 0 Å². The predicted octanol–water partition coefficient (Wildman–Crippen LogP) is 3.40. The zero-order valence-corrected chi connectivity index (χ0v) is 17.7. The van der Waals surface area contributed by atoms with Crippen LogP contribution in [0.3, 0.4) is 0 Å². The highest BCUT2D eigenvalue weighted by atomic mass is 16.6. The fourth-order valence-electron chi connectivity index (χ4n) is 2.79. The average Bonchev–Trinajstić information content (AvgIpc) is 2.75. The van der Waals surface area contributed by atoms with E-state index in [1.54, 1.807) is 12.1 Å². The number of benzene rings is 2. The number of carbonyl (C=O) groups is 3. The van der Waals surface area contributed by atoms with E-state index in [0.29, 0.717) is 23.5 Å². The number of Topliss-reactive ketones (excluding diaryl/α,β-unsaturated/α-hetero) is 1. The number of hydrogen-bond acceptors (Lipinski definition) is 6. The van der Waals surface area contributed by atoms with Crippen LogP contribution in [0.1, 0.15) is 47.8 Å². The van der Waals surface area contributed by atoms with Gasteiger partial charge in [0, 0.05) is 5.56 Å². The molecule has 2 rings (SSSR count). The lowest BCUT2D eigenvalue weighted by Crippen LogP contribution is -2.33. The molecule has 0 radical (unpaired) electrons. The summed E-state index contributed by atoms with van der Waals surface area (Å²) in [7, 11) is 1.44. The van der Waals surface area contributed by atoms with Crippen LogP contribution in [0.25, 0.3) is 0 Å². The molecule has 0 aliphatic rings. The summed E-state index contributed by atoms with van der Waals surface area (Å²) in [5.41, 5.74) is 2.60. The van der Waals surface area contributed by atoms with Crippen LogP contribution in [0.5, 0.6) is 11.5 Å². The van der Waals surface area contributed by atoms with Crippen molar-refractivity contribution < 1.29 is 28.6 Å². The van der Waals surface area contributed by atoms with Crippen molar-refractivity contribution in [3.05, 3.63) is 59.2 Å². The maximum absolute atomic E-state index is 12.2.